The molecule has 4 aliphatic rings. The average molecular weight is 570 g/mol. The standard InChI is InChI=1S/C32H39N7O3/c33-23-1-3-24(4-2-23)36-14-9-25(10-15-36)38-18-13-32(21-38)11-16-37(17-12-32)26-5-6-27-22(19-26)20-34-39(31(27)42)28-7-8-29(40)35-30(28)41/h1-6,19-20,25,28H,7-18,21,33H2,(H,35,40,41). The first kappa shape index (κ1) is 26.9. The molecule has 3 aromatic rings. The molecule has 1 atom stereocenters. The molecule has 42 heavy (non-hydrogen) atoms. The zero-order chi connectivity index (χ0) is 28.8. The van der Waals surface area contributed by atoms with Gasteiger partial charge in [0.1, 0.15) is 6.04 Å². The predicted octanol–water partition coefficient (Wildman–Crippen LogP) is 2.92. The van der Waals surface area contributed by atoms with Crippen molar-refractivity contribution >= 4 is 39.6 Å². The number of nitrogens with two attached hydrogens (primary N) is 1. The zero-order valence-corrected chi connectivity index (χ0v) is 24.0. The zero-order valence-electron chi connectivity index (χ0n) is 24.0. The molecule has 1 unspecified atom stereocenters. The molecule has 4 saturated heterocycles. The van der Waals surface area contributed by atoms with E-state index in [1.807, 2.05) is 30.3 Å². The molecule has 0 bridgehead atoms. The molecule has 1 spiro atoms. The molecule has 2 aromatic carbocycles. The van der Waals surface area contributed by atoms with Crippen LogP contribution in [-0.4, -0.2) is 71.8 Å². The van der Waals surface area contributed by atoms with E-state index >= 15 is 0 Å². The van der Waals surface area contributed by atoms with Crippen LogP contribution in [0.25, 0.3) is 10.8 Å². The number of imide groups is 1. The highest BCUT2D eigenvalue weighted by atomic mass is 16.2. The summed E-state index contributed by atoms with van der Waals surface area (Å²) in [6, 6.07) is 14.1. The lowest BCUT2D eigenvalue weighted by Gasteiger charge is -2.42. The number of carbonyl (C=O) groups is 2. The normalized spacial score (nSPS) is 23.6. The number of nitrogens with one attached hydrogen (secondary N) is 1. The average Bonchev–Trinajstić information content (AvgIpc) is 3.42. The Balaban J connectivity index is 0.963. The third-order valence-corrected chi connectivity index (χ3v) is 10.2. The summed E-state index contributed by atoms with van der Waals surface area (Å²) in [7, 11) is 0. The number of nitrogen functional groups attached to an aromatic ring is 1. The van der Waals surface area contributed by atoms with Gasteiger partial charge in [0.2, 0.25) is 5.91 Å². The highest BCUT2D eigenvalue weighted by Crippen LogP contribution is 2.43. The van der Waals surface area contributed by atoms with E-state index in [-0.39, 0.29) is 24.3 Å². The number of rotatable bonds is 4. The van der Waals surface area contributed by atoms with E-state index in [2.05, 4.69) is 37.2 Å². The van der Waals surface area contributed by atoms with Crippen LogP contribution in [0.1, 0.15) is 51.0 Å². The number of benzene rings is 2. The Morgan fingerprint density at radius 2 is 1.52 bits per heavy atom. The van der Waals surface area contributed by atoms with Gasteiger partial charge in [0, 0.05) is 67.6 Å². The molecular formula is C32H39N7O3. The minimum atomic E-state index is -0.750. The predicted molar refractivity (Wildman–Crippen MR) is 164 cm³/mol. The molecule has 3 N–H and O–H groups in total. The van der Waals surface area contributed by atoms with Crippen molar-refractivity contribution in [3.63, 3.8) is 0 Å². The van der Waals surface area contributed by atoms with Crippen molar-refractivity contribution in [2.45, 2.75) is 57.0 Å². The number of piperidine rings is 3. The second-order valence-corrected chi connectivity index (χ2v) is 12.7. The van der Waals surface area contributed by atoms with Crippen LogP contribution in [0.15, 0.2) is 53.5 Å². The summed E-state index contributed by atoms with van der Waals surface area (Å²) in [5, 5.41) is 7.96. The number of amides is 2. The van der Waals surface area contributed by atoms with E-state index in [1.54, 1.807) is 6.20 Å². The van der Waals surface area contributed by atoms with Crippen LogP contribution in [0.4, 0.5) is 17.1 Å². The van der Waals surface area contributed by atoms with Crippen molar-refractivity contribution < 1.29 is 9.59 Å². The second-order valence-electron chi connectivity index (χ2n) is 12.7. The molecule has 1 aromatic heterocycles. The van der Waals surface area contributed by atoms with E-state index in [9.17, 15) is 14.4 Å². The first-order valence-corrected chi connectivity index (χ1v) is 15.3. The maximum Gasteiger partial charge on any atom is 0.275 e. The first-order valence-electron chi connectivity index (χ1n) is 15.3. The highest BCUT2D eigenvalue weighted by molar-refractivity contribution is 5.99. The van der Waals surface area contributed by atoms with E-state index in [1.165, 1.54) is 55.6 Å². The fourth-order valence-corrected chi connectivity index (χ4v) is 7.59. The molecule has 0 aliphatic carbocycles. The van der Waals surface area contributed by atoms with E-state index in [0.29, 0.717) is 16.8 Å². The van der Waals surface area contributed by atoms with Crippen molar-refractivity contribution in [2.24, 2.45) is 5.41 Å². The number of fused-ring (bicyclic) bond motifs is 1. The maximum atomic E-state index is 13.2. The van der Waals surface area contributed by atoms with Gasteiger partial charge in [-0.15, -0.1) is 0 Å². The van der Waals surface area contributed by atoms with Gasteiger partial charge in [-0.1, -0.05) is 0 Å². The number of carbonyl (C=O) groups excluding carboxylic acids is 2. The maximum absolute atomic E-state index is 13.2. The molecule has 2 amide bonds. The van der Waals surface area contributed by atoms with Crippen molar-refractivity contribution in [1.29, 1.82) is 0 Å². The van der Waals surface area contributed by atoms with Gasteiger partial charge in [-0.3, -0.25) is 24.6 Å². The molecule has 10 heteroatoms. The largest absolute Gasteiger partial charge is 0.399 e. The van der Waals surface area contributed by atoms with E-state index in [4.69, 9.17) is 5.73 Å². The fourth-order valence-electron chi connectivity index (χ4n) is 7.59. The van der Waals surface area contributed by atoms with Gasteiger partial charge in [0.05, 0.1) is 11.6 Å². The monoisotopic (exact) mass is 569 g/mol. The van der Waals surface area contributed by atoms with Crippen LogP contribution in [0.3, 0.4) is 0 Å². The lowest BCUT2D eigenvalue weighted by atomic mass is 9.77. The topological polar surface area (TPSA) is 117 Å². The Morgan fingerprint density at radius 3 is 2.26 bits per heavy atom. The number of hydrogen-bond acceptors (Lipinski definition) is 8. The summed E-state index contributed by atoms with van der Waals surface area (Å²) >= 11 is 0. The van der Waals surface area contributed by atoms with Crippen LogP contribution >= 0.6 is 0 Å². The number of aromatic nitrogens is 2. The van der Waals surface area contributed by atoms with Gasteiger partial charge < -0.3 is 15.5 Å². The van der Waals surface area contributed by atoms with Gasteiger partial charge in [-0.25, -0.2) is 4.68 Å². The Labute approximate surface area is 245 Å². The van der Waals surface area contributed by atoms with E-state index in [0.717, 1.165) is 42.9 Å². The lowest BCUT2D eigenvalue weighted by Crippen LogP contribution is -2.46. The second kappa shape index (κ2) is 10.7. The minimum Gasteiger partial charge on any atom is -0.399 e. The summed E-state index contributed by atoms with van der Waals surface area (Å²) in [6.45, 7) is 6.62. The first-order chi connectivity index (χ1) is 20.4. The SMILES string of the molecule is Nc1ccc(N2CCC(N3CCC4(CCN(c5ccc6c(=O)n(C7CCC(=O)NC7=O)ncc6c5)CC4)C3)CC2)cc1. The summed E-state index contributed by atoms with van der Waals surface area (Å²) in [6.07, 6.45) is 8.23. The third kappa shape index (κ3) is 5.02. The molecule has 0 radical (unpaired) electrons. The lowest BCUT2D eigenvalue weighted by molar-refractivity contribution is -0.136. The molecule has 10 nitrogen and oxygen atoms in total. The van der Waals surface area contributed by atoms with Crippen molar-refractivity contribution in [3.05, 3.63) is 59.0 Å². The Bertz CT molecular complexity index is 1550. The highest BCUT2D eigenvalue weighted by Gasteiger charge is 2.43. The molecule has 7 rings (SSSR count). The van der Waals surface area contributed by atoms with Crippen molar-refractivity contribution in [1.82, 2.24) is 20.0 Å². The molecule has 5 heterocycles. The molecule has 0 saturated carbocycles. The fraction of sp³-hybridized carbons (Fsp3) is 0.500. The smallest absolute Gasteiger partial charge is 0.275 e. The number of nitrogens with zero attached hydrogens (tertiary/aromatic N) is 5. The van der Waals surface area contributed by atoms with Crippen LogP contribution in [0.2, 0.25) is 0 Å². The van der Waals surface area contributed by atoms with Crippen LogP contribution in [-0.2, 0) is 9.59 Å². The molecule has 4 aliphatic heterocycles. The van der Waals surface area contributed by atoms with Crippen molar-refractivity contribution in [2.75, 3.05) is 54.8 Å². The van der Waals surface area contributed by atoms with Gasteiger partial charge in [0.25, 0.3) is 11.5 Å². The van der Waals surface area contributed by atoms with Crippen LogP contribution in [0.5, 0.6) is 0 Å². The summed E-state index contributed by atoms with van der Waals surface area (Å²) in [5.41, 5.74) is 9.18. The van der Waals surface area contributed by atoms with E-state index < -0.39 is 11.9 Å². The summed E-state index contributed by atoms with van der Waals surface area (Å²) in [5.74, 6) is -0.771. The third-order valence-electron chi connectivity index (χ3n) is 10.2. The van der Waals surface area contributed by atoms with Crippen LogP contribution in [0, 0.1) is 5.41 Å². The summed E-state index contributed by atoms with van der Waals surface area (Å²) in [4.78, 5) is 44.7. The van der Waals surface area contributed by atoms with Gasteiger partial charge >= 0.3 is 0 Å². The number of likely N-dealkylation sites (tertiary alicyclic amines) is 1. The Morgan fingerprint density at radius 1 is 0.833 bits per heavy atom. The van der Waals surface area contributed by atoms with Gasteiger partial charge in [-0.05, 0) is 92.9 Å². The quantitative estimate of drug-likeness (QED) is 0.364. The van der Waals surface area contributed by atoms with Crippen molar-refractivity contribution in [3.8, 4) is 0 Å². The molecular weight excluding hydrogens is 530 g/mol. The molecule has 220 valence electrons. The number of anilines is 3. The molecule has 4 fully saturated rings. The Hall–Kier alpha value is -3.92. The van der Waals surface area contributed by atoms with Gasteiger partial charge in [0.15, 0.2) is 0 Å². The minimum absolute atomic E-state index is 0.208. The Kier molecular flexibility index (Phi) is 6.88. The number of hydrogen-bond donors (Lipinski definition) is 2. The van der Waals surface area contributed by atoms with Gasteiger partial charge in [-0.2, -0.15) is 5.10 Å². The van der Waals surface area contributed by atoms with Crippen LogP contribution < -0.4 is 26.4 Å². The summed E-state index contributed by atoms with van der Waals surface area (Å²) < 4.78 is 1.22.